The molecule has 0 saturated carbocycles. The van der Waals surface area contributed by atoms with Crippen molar-refractivity contribution in [1.29, 1.82) is 0 Å². The van der Waals surface area contributed by atoms with Crippen molar-refractivity contribution in [3.63, 3.8) is 0 Å². The molecule has 2 rings (SSSR count). The molecule has 0 aliphatic carbocycles. The van der Waals surface area contributed by atoms with E-state index in [2.05, 4.69) is 26.2 Å². The van der Waals surface area contributed by atoms with Crippen LogP contribution in [0.4, 0.5) is 4.39 Å². The smallest absolute Gasteiger partial charge is 0.239 e. The quantitative estimate of drug-likeness (QED) is 0.848. The first-order valence-electron chi connectivity index (χ1n) is 6.20. The minimum Gasteiger partial charge on any atom is -0.355 e. The van der Waals surface area contributed by atoms with Crippen molar-refractivity contribution >= 4 is 44.5 Å². The standard InChI is InChI=1S/C13H14BrClFN3O/c1-3-17-12(20)6-19-11-5-9(16)8(14)4-10(11)18-13(19)7(2)15/h4-5,7H,3,6H2,1-2H3,(H,17,20). The van der Waals surface area contributed by atoms with Crippen LogP contribution in [0.5, 0.6) is 0 Å². The monoisotopic (exact) mass is 361 g/mol. The molecular weight excluding hydrogens is 349 g/mol. The zero-order valence-corrected chi connectivity index (χ0v) is 13.4. The minimum atomic E-state index is -0.400. The predicted molar refractivity (Wildman–Crippen MR) is 80.3 cm³/mol. The molecule has 0 aliphatic heterocycles. The molecule has 1 aromatic heterocycles. The van der Waals surface area contributed by atoms with Gasteiger partial charge in [-0.2, -0.15) is 0 Å². The fraction of sp³-hybridized carbons (Fsp3) is 0.385. The first-order valence-corrected chi connectivity index (χ1v) is 7.43. The van der Waals surface area contributed by atoms with E-state index in [1.54, 1.807) is 17.6 Å². The Hall–Kier alpha value is -1.14. The summed E-state index contributed by atoms with van der Waals surface area (Å²) in [5, 5.41) is 2.33. The third-order valence-corrected chi connectivity index (χ3v) is 3.65. The van der Waals surface area contributed by atoms with Crippen molar-refractivity contribution in [2.75, 3.05) is 6.54 Å². The number of halogens is 3. The number of likely N-dealkylation sites (N-methyl/N-ethyl adjacent to an activating group) is 1. The average molecular weight is 363 g/mol. The zero-order valence-electron chi connectivity index (χ0n) is 11.1. The summed E-state index contributed by atoms with van der Waals surface area (Å²) in [5.74, 6) is -0.0116. The van der Waals surface area contributed by atoms with E-state index in [4.69, 9.17) is 11.6 Å². The maximum absolute atomic E-state index is 13.7. The van der Waals surface area contributed by atoms with E-state index in [0.717, 1.165) is 0 Å². The van der Waals surface area contributed by atoms with Gasteiger partial charge in [-0.1, -0.05) is 0 Å². The van der Waals surface area contributed by atoms with Gasteiger partial charge in [-0.15, -0.1) is 11.6 Å². The van der Waals surface area contributed by atoms with Crippen LogP contribution >= 0.6 is 27.5 Å². The lowest BCUT2D eigenvalue weighted by molar-refractivity contribution is -0.121. The van der Waals surface area contributed by atoms with E-state index >= 15 is 0 Å². The molecule has 1 aromatic carbocycles. The van der Waals surface area contributed by atoms with Crippen LogP contribution in [-0.2, 0) is 11.3 Å². The van der Waals surface area contributed by atoms with Gasteiger partial charge in [0.25, 0.3) is 0 Å². The number of carbonyl (C=O) groups is 1. The van der Waals surface area contributed by atoms with Crippen molar-refractivity contribution < 1.29 is 9.18 Å². The topological polar surface area (TPSA) is 46.9 Å². The van der Waals surface area contributed by atoms with Crippen LogP contribution in [0.15, 0.2) is 16.6 Å². The van der Waals surface area contributed by atoms with Gasteiger partial charge in [0.1, 0.15) is 18.2 Å². The molecule has 0 aliphatic rings. The summed E-state index contributed by atoms with van der Waals surface area (Å²) in [6, 6.07) is 2.94. The predicted octanol–water partition coefficient (Wildman–Crippen LogP) is 3.37. The van der Waals surface area contributed by atoms with Crippen molar-refractivity contribution in [3.05, 3.63) is 28.2 Å². The van der Waals surface area contributed by atoms with Gasteiger partial charge < -0.3 is 9.88 Å². The van der Waals surface area contributed by atoms with E-state index in [9.17, 15) is 9.18 Å². The van der Waals surface area contributed by atoms with Gasteiger partial charge in [-0.05, 0) is 35.8 Å². The number of alkyl halides is 1. The third kappa shape index (κ3) is 2.96. The third-order valence-electron chi connectivity index (χ3n) is 2.85. The fourth-order valence-corrected chi connectivity index (χ4v) is 2.50. The number of amides is 1. The number of benzene rings is 1. The summed E-state index contributed by atoms with van der Waals surface area (Å²) in [6.07, 6.45) is 0. The number of aromatic nitrogens is 2. The van der Waals surface area contributed by atoms with Gasteiger partial charge in [0.05, 0.1) is 20.9 Å². The molecule has 0 spiro atoms. The van der Waals surface area contributed by atoms with Gasteiger partial charge >= 0.3 is 0 Å². The second kappa shape index (κ2) is 6.10. The van der Waals surface area contributed by atoms with Crippen LogP contribution in [0.1, 0.15) is 25.0 Å². The van der Waals surface area contributed by atoms with E-state index in [1.165, 1.54) is 6.07 Å². The molecular formula is C13H14BrClFN3O. The lowest BCUT2D eigenvalue weighted by Crippen LogP contribution is -2.27. The Morgan fingerprint density at radius 2 is 2.30 bits per heavy atom. The van der Waals surface area contributed by atoms with E-state index in [1.807, 2.05) is 6.92 Å². The summed E-state index contributed by atoms with van der Waals surface area (Å²) in [4.78, 5) is 16.2. The highest BCUT2D eigenvalue weighted by atomic mass is 79.9. The summed E-state index contributed by atoms with van der Waals surface area (Å²) in [7, 11) is 0. The second-order valence-corrected chi connectivity index (χ2v) is 5.89. The molecule has 1 atom stereocenters. The van der Waals surface area contributed by atoms with Crippen molar-refractivity contribution in [3.8, 4) is 0 Å². The average Bonchev–Trinajstić information content (AvgIpc) is 2.69. The largest absolute Gasteiger partial charge is 0.355 e. The molecule has 0 saturated heterocycles. The summed E-state index contributed by atoms with van der Waals surface area (Å²) < 4.78 is 15.7. The Balaban J connectivity index is 2.56. The molecule has 7 heteroatoms. The van der Waals surface area contributed by atoms with E-state index < -0.39 is 5.82 Å². The molecule has 20 heavy (non-hydrogen) atoms. The number of imidazole rings is 1. The van der Waals surface area contributed by atoms with Crippen LogP contribution in [0.3, 0.4) is 0 Å². The maximum Gasteiger partial charge on any atom is 0.239 e. The number of rotatable bonds is 4. The summed E-state index contributed by atoms with van der Waals surface area (Å²) >= 11 is 9.23. The van der Waals surface area contributed by atoms with Gasteiger partial charge in [0.15, 0.2) is 0 Å². The first-order chi connectivity index (χ1) is 9.43. The van der Waals surface area contributed by atoms with Crippen molar-refractivity contribution in [1.82, 2.24) is 14.9 Å². The van der Waals surface area contributed by atoms with Crippen LogP contribution in [0, 0.1) is 5.82 Å². The highest BCUT2D eigenvalue weighted by Crippen LogP contribution is 2.28. The molecule has 1 N–H and O–H groups in total. The van der Waals surface area contributed by atoms with Crippen LogP contribution in [0.25, 0.3) is 11.0 Å². The number of nitrogens with zero attached hydrogens (tertiary/aromatic N) is 2. The molecule has 1 amide bonds. The van der Waals surface area contributed by atoms with Crippen LogP contribution < -0.4 is 5.32 Å². The summed E-state index contributed by atoms with van der Waals surface area (Å²) in [6.45, 7) is 4.21. The molecule has 108 valence electrons. The van der Waals surface area contributed by atoms with Gasteiger partial charge in [0, 0.05) is 12.6 Å². The molecule has 0 fully saturated rings. The molecule has 0 radical (unpaired) electrons. The van der Waals surface area contributed by atoms with E-state index in [0.29, 0.717) is 27.9 Å². The number of nitrogens with one attached hydrogen (secondary N) is 1. The van der Waals surface area contributed by atoms with Gasteiger partial charge in [0.2, 0.25) is 5.91 Å². The van der Waals surface area contributed by atoms with Gasteiger partial charge in [-0.25, -0.2) is 9.37 Å². The Morgan fingerprint density at radius 3 is 2.90 bits per heavy atom. The highest BCUT2D eigenvalue weighted by Gasteiger charge is 2.18. The normalized spacial score (nSPS) is 12.7. The van der Waals surface area contributed by atoms with Crippen LogP contribution in [0.2, 0.25) is 0 Å². The Bertz CT molecular complexity index is 657. The van der Waals surface area contributed by atoms with Gasteiger partial charge in [-0.3, -0.25) is 4.79 Å². The molecule has 4 nitrogen and oxygen atoms in total. The Kier molecular flexibility index (Phi) is 4.65. The molecule has 2 aromatic rings. The molecule has 0 bridgehead atoms. The second-order valence-electron chi connectivity index (χ2n) is 4.38. The number of hydrogen-bond acceptors (Lipinski definition) is 2. The van der Waals surface area contributed by atoms with E-state index in [-0.39, 0.29) is 17.8 Å². The number of fused-ring (bicyclic) bond motifs is 1. The Labute approximate surface area is 129 Å². The van der Waals surface area contributed by atoms with Crippen molar-refractivity contribution in [2.24, 2.45) is 0 Å². The highest BCUT2D eigenvalue weighted by molar-refractivity contribution is 9.10. The Morgan fingerprint density at radius 1 is 1.60 bits per heavy atom. The zero-order chi connectivity index (χ0) is 14.9. The lowest BCUT2D eigenvalue weighted by Gasteiger charge is -2.10. The SMILES string of the molecule is CCNC(=O)Cn1c(C(C)Cl)nc2cc(Br)c(F)cc21. The lowest BCUT2D eigenvalue weighted by atomic mass is 10.3. The fourth-order valence-electron chi connectivity index (χ4n) is 2.01. The molecule has 1 heterocycles. The van der Waals surface area contributed by atoms with Crippen molar-refractivity contribution in [2.45, 2.75) is 25.8 Å². The first kappa shape index (κ1) is 15.3. The number of hydrogen-bond donors (Lipinski definition) is 1. The maximum atomic E-state index is 13.7. The number of carbonyl (C=O) groups excluding carboxylic acids is 1. The van der Waals surface area contributed by atoms with Crippen LogP contribution in [-0.4, -0.2) is 22.0 Å². The molecule has 1 unspecified atom stereocenters. The summed E-state index contributed by atoms with van der Waals surface area (Å²) in [5.41, 5.74) is 1.16. The minimum absolute atomic E-state index is 0.0673.